The summed E-state index contributed by atoms with van der Waals surface area (Å²) >= 11 is 0. The number of aryl methyl sites for hydroxylation is 1. The van der Waals surface area contributed by atoms with Crippen LogP contribution in [0, 0.1) is 0 Å². The molecular formula is C24H20N4O3. The molecule has 0 saturated carbocycles. The predicted molar refractivity (Wildman–Crippen MR) is 115 cm³/mol. The Bertz CT molecular complexity index is 1340. The average molecular weight is 412 g/mol. The lowest BCUT2D eigenvalue weighted by Crippen LogP contribution is -2.36. The van der Waals surface area contributed by atoms with Crippen molar-refractivity contribution in [3.8, 4) is 22.8 Å². The second-order valence-electron chi connectivity index (χ2n) is 7.82. The van der Waals surface area contributed by atoms with E-state index in [1.165, 1.54) is 0 Å². The van der Waals surface area contributed by atoms with Crippen molar-refractivity contribution in [2.75, 3.05) is 13.3 Å². The van der Waals surface area contributed by atoms with Crippen molar-refractivity contribution in [2.45, 2.75) is 13.0 Å². The van der Waals surface area contributed by atoms with Gasteiger partial charge in [0.15, 0.2) is 11.5 Å². The number of aromatic nitrogens is 3. The number of pyridine rings is 1. The van der Waals surface area contributed by atoms with Crippen molar-refractivity contribution in [3.63, 3.8) is 0 Å². The van der Waals surface area contributed by atoms with Gasteiger partial charge in [-0.3, -0.25) is 14.5 Å². The third-order valence-corrected chi connectivity index (χ3v) is 5.99. The van der Waals surface area contributed by atoms with Crippen LogP contribution in [0.1, 0.15) is 21.6 Å². The zero-order valence-corrected chi connectivity index (χ0v) is 17.0. The van der Waals surface area contributed by atoms with Gasteiger partial charge in [0.1, 0.15) is 0 Å². The number of amides is 1. The summed E-state index contributed by atoms with van der Waals surface area (Å²) in [5.41, 5.74) is 5.66. The summed E-state index contributed by atoms with van der Waals surface area (Å²) in [7, 11) is 1.94. The van der Waals surface area contributed by atoms with Crippen LogP contribution in [0.4, 0.5) is 0 Å². The summed E-state index contributed by atoms with van der Waals surface area (Å²) in [4.78, 5) is 19.4. The minimum absolute atomic E-state index is 0.0148. The van der Waals surface area contributed by atoms with E-state index in [1.54, 1.807) is 6.20 Å². The molecule has 7 nitrogen and oxygen atoms in total. The molecule has 2 aromatic heterocycles. The Balaban J connectivity index is 1.33. The molecule has 2 aromatic carbocycles. The van der Waals surface area contributed by atoms with Crippen LogP contribution in [0.15, 0.2) is 54.7 Å². The van der Waals surface area contributed by atoms with E-state index in [-0.39, 0.29) is 12.7 Å². The van der Waals surface area contributed by atoms with Gasteiger partial charge in [-0.25, -0.2) is 0 Å². The number of fused-ring (bicyclic) bond motifs is 3. The van der Waals surface area contributed by atoms with Crippen LogP contribution in [0.25, 0.3) is 22.2 Å². The van der Waals surface area contributed by atoms with E-state index in [1.807, 2.05) is 65.2 Å². The summed E-state index contributed by atoms with van der Waals surface area (Å²) in [5, 5.41) is 5.71. The molecule has 0 bridgehead atoms. The normalized spacial score (nSPS) is 14.7. The van der Waals surface area contributed by atoms with Crippen LogP contribution < -0.4 is 9.47 Å². The highest BCUT2D eigenvalue weighted by molar-refractivity contribution is 5.98. The largest absolute Gasteiger partial charge is 0.454 e. The summed E-state index contributed by atoms with van der Waals surface area (Å²) in [5.74, 6) is 1.53. The minimum Gasteiger partial charge on any atom is -0.454 e. The van der Waals surface area contributed by atoms with Crippen LogP contribution in [0.2, 0.25) is 0 Å². The smallest absolute Gasteiger partial charge is 0.254 e. The van der Waals surface area contributed by atoms with Crippen molar-refractivity contribution < 1.29 is 14.3 Å². The monoisotopic (exact) mass is 412 g/mol. The first-order valence-corrected chi connectivity index (χ1v) is 10.3. The summed E-state index contributed by atoms with van der Waals surface area (Å²) in [6.07, 6.45) is 2.50. The molecule has 0 aliphatic carbocycles. The van der Waals surface area contributed by atoms with Crippen molar-refractivity contribution in [2.24, 2.45) is 7.05 Å². The van der Waals surface area contributed by atoms with Crippen molar-refractivity contribution in [1.82, 2.24) is 19.7 Å². The van der Waals surface area contributed by atoms with Gasteiger partial charge in [-0.2, -0.15) is 5.10 Å². The van der Waals surface area contributed by atoms with Gasteiger partial charge in [0.25, 0.3) is 5.91 Å². The molecule has 4 heterocycles. The zero-order chi connectivity index (χ0) is 20.9. The number of hydrogen-bond acceptors (Lipinski definition) is 5. The molecule has 31 heavy (non-hydrogen) atoms. The number of hydrogen-bond donors (Lipinski definition) is 0. The molecule has 0 fully saturated rings. The van der Waals surface area contributed by atoms with Gasteiger partial charge in [-0.05, 0) is 42.8 Å². The molecule has 7 heteroatoms. The number of nitrogens with zero attached hydrogens (tertiary/aromatic N) is 4. The van der Waals surface area contributed by atoms with E-state index in [4.69, 9.17) is 14.6 Å². The third-order valence-electron chi connectivity index (χ3n) is 5.99. The Morgan fingerprint density at radius 1 is 1.10 bits per heavy atom. The van der Waals surface area contributed by atoms with Gasteiger partial charge in [-0.15, -0.1) is 0 Å². The van der Waals surface area contributed by atoms with Gasteiger partial charge in [0, 0.05) is 41.9 Å². The molecule has 0 N–H and O–H groups in total. The van der Waals surface area contributed by atoms with Crippen LogP contribution in [-0.2, 0) is 20.0 Å². The molecule has 0 saturated heterocycles. The molecule has 2 aliphatic heterocycles. The van der Waals surface area contributed by atoms with Crippen molar-refractivity contribution in [1.29, 1.82) is 0 Å². The maximum absolute atomic E-state index is 13.2. The fourth-order valence-corrected chi connectivity index (χ4v) is 4.54. The summed E-state index contributed by atoms with van der Waals surface area (Å²) in [6.45, 7) is 1.36. The first-order valence-electron chi connectivity index (χ1n) is 10.3. The molecule has 154 valence electrons. The standard InChI is InChI=1S/C24H20N4O3/c1-27-22(18-5-2-6-21-23(18)31-14-30-21)17-9-11-28(13-20(17)26-27)24(29)16-7-8-19-15(12-16)4-3-10-25-19/h2-8,10,12H,9,11,13-14H2,1H3. The topological polar surface area (TPSA) is 69.5 Å². The van der Waals surface area contributed by atoms with Gasteiger partial charge in [-0.1, -0.05) is 12.1 Å². The highest BCUT2D eigenvalue weighted by Crippen LogP contribution is 2.43. The Hall–Kier alpha value is -3.87. The Labute approximate surface area is 178 Å². The Morgan fingerprint density at radius 3 is 2.97 bits per heavy atom. The Morgan fingerprint density at radius 2 is 2.03 bits per heavy atom. The van der Waals surface area contributed by atoms with E-state index in [0.717, 1.165) is 51.3 Å². The first-order chi connectivity index (χ1) is 15.2. The molecule has 0 unspecified atom stereocenters. The number of ether oxygens (including phenoxy) is 2. The lowest BCUT2D eigenvalue weighted by molar-refractivity contribution is 0.0732. The fraction of sp³-hybridized carbons (Fsp3) is 0.208. The van der Waals surface area contributed by atoms with Gasteiger partial charge in [0.2, 0.25) is 6.79 Å². The molecule has 6 rings (SSSR count). The molecule has 1 amide bonds. The SMILES string of the molecule is Cn1nc2c(c1-c1cccc3c1OCO3)CCN(C(=O)c1ccc3ncccc3c1)C2. The molecule has 0 radical (unpaired) electrons. The summed E-state index contributed by atoms with van der Waals surface area (Å²) < 4.78 is 13.1. The lowest BCUT2D eigenvalue weighted by Gasteiger charge is -2.27. The molecule has 0 spiro atoms. The number of para-hydroxylation sites is 1. The van der Waals surface area contributed by atoms with Crippen LogP contribution in [0.5, 0.6) is 11.5 Å². The fourth-order valence-electron chi connectivity index (χ4n) is 4.54. The van der Waals surface area contributed by atoms with E-state index in [0.29, 0.717) is 18.7 Å². The number of carbonyl (C=O) groups excluding carboxylic acids is 1. The van der Waals surface area contributed by atoms with Crippen molar-refractivity contribution in [3.05, 3.63) is 71.5 Å². The number of carbonyl (C=O) groups is 1. The second kappa shape index (κ2) is 6.84. The second-order valence-corrected chi connectivity index (χ2v) is 7.82. The van der Waals surface area contributed by atoms with E-state index >= 15 is 0 Å². The van der Waals surface area contributed by atoms with Gasteiger partial charge < -0.3 is 14.4 Å². The van der Waals surface area contributed by atoms with Crippen molar-refractivity contribution >= 4 is 16.8 Å². The molecular weight excluding hydrogens is 392 g/mol. The average Bonchev–Trinajstić information content (AvgIpc) is 3.41. The van der Waals surface area contributed by atoms with Crippen LogP contribution >= 0.6 is 0 Å². The highest BCUT2D eigenvalue weighted by Gasteiger charge is 2.30. The maximum atomic E-state index is 13.2. The quantitative estimate of drug-likeness (QED) is 0.504. The van der Waals surface area contributed by atoms with Crippen LogP contribution in [0.3, 0.4) is 0 Å². The maximum Gasteiger partial charge on any atom is 0.254 e. The third kappa shape index (κ3) is 2.84. The molecule has 4 aromatic rings. The van der Waals surface area contributed by atoms with E-state index < -0.39 is 0 Å². The number of rotatable bonds is 2. The van der Waals surface area contributed by atoms with E-state index in [9.17, 15) is 4.79 Å². The zero-order valence-electron chi connectivity index (χ0n) is 17.0. The summed E-state index contributed by atoms with van der Waals surface area (Å²) in [6, 6.07) is 15.4. The predicted octanol–water partition coefficient (Wildman–Crippen LogP) is 3.56. The van der Waals surface area contributed by atoms with Crippen LogP contribution in [-0.4, -0.2) is 38.9 Å². The van der Waals surface area contributed by atoms with Gasteiger partial charge >= 0.3 is 0 Å². The number of benzene rings is 2. The van der Waals surface area contributed by atoms with Gasteiger partial charge in [0.05, 0.1) is 23.4 Å². The van der Waals surface area contributed by atoms with E-state index in [2.05, 4.69) is 4.98 Å². The molecule has 0 atom stereocenters. The molecule has 2 aliphatic rings. The highest BCUT2D eigenvalue weighted by atomic mass is 16.7. The lowest BCUT2D eigenvalue weighted by atomic mass is 9.98. The minimum atomic E-state index is 0.0148. The Kier molecular flexibility index (Phi) is 3.96. The first kappa shape index (κ1) is 17.9.